The fourth-order valence-corrected chi connectivity index (χ4v) is 1.57. The third-order valence-electron chi connectivity index (χ3n) is 2.49. The number of hydrogen-bond donors (Lipinski definition) is 2. The molecule has 2 aromatic rings. The van der Waals surface area contributed by atoms with Crippen LogP contribution in [0.5, 0.6) is 0 Å². The minimum Gasteiger partial charge on any atom is -0.464 e. The second-order valence-electron chi connectivity index (χ2n) is 3.72. The van der Waals surface area contributed by atoms with Crippen LogP contribution in [0.3, 0.4) is 0 Å². The van der Waals surface area contributed by atoms with Crippen molar-refractivity contribution < 1.29 is 13.9 Å². The van der Waals surface area contributed by atoms with Crippen LogP contribution in [0.25, 0.3) is 0 Å². The first kappa shape index (κ1) is 12.2. The van der Waals surface area contributed by atoms with Gasteiger partial charge < -0.3 is 15.0 Å². The van der Waals surface area contributed by atoms with Gasteiger partial charge in [0.25, 0.3) is 0 Å². The molecule has 2 rings (SSSR count). The number of methoxy groups -OCH3 is 1. The van der Waals surface area contributed by atoms with E-state index in [1.54, 1.807) is 30.3 Å². The standard InChI is InChI=1S/C13H13FN2O2/c1-18-13(17)12-7-6-9(16-12)8-15-11-5-3-2-4-10(11)14/h2-7,15-16H,8H2,1H3. The van der Waals surface area contributed by atoms with Gasteiger partial charge in [0.05, 0.1) is 19.3 Å². The predicted octanol–water partition coefficient (Wildman–Crippen LogP) is 2.55. The molecule has 1 heterocycles. The molecule has 0 saturated heterocycles. The van der Waals surface area contributed by atoms with E-state index in [-0.39, 0.29) is 5.82 Å². The number of aromatic amines is 1. The Kier molecular flexibility index (Phi) is 3.62. The molecule has 18 heavy (non-hydrogen) atoms. The van der Waals surface area contributed by atoms with Gasteiger partial charge in [0, 0.05) is 5.69 Å². The number of H-pyrrole nitrogens is 1. The Morgan fingerprint density at radius 2 is 2.11 bits per heavy atom. The Labute approximate surface area is 104 Å². The lowest BCUT2D eigenvalue weighted by atomic mass is 10.3. The first-order valence-electron chi connectivity index (χ1n) is 5.45. The molecule has 0 bridgehead atoms. The van der Waals surface area contributed by atoms with Gasteiger partial charge >= 0.3 is 5.97 Å². The van der Waals surface area contributed by atoms with E-state index in [0.29, 0.717) is 17.9 Å². The highest BCUT2D eigenvalue weighted by atomic mass is 19.1. The number of esters is 1. The molecular formula is C13H13FN2O2. The molecule has 5 heteroatoms. The number of hydrogen-bond acceptors (Lipinski definition) is 3. The number of benzene rings is 1. The maximum Gasteiger partial charge on any atom is 0.354 e. The monoisotopic (exact) mass is 248 g/mol. The third-order valence-corrected chi connectivity index (χ3v) is 2.49. The van der Waals surface area contributed by atoms with Gasteiger partial charge in [0.1, 0.15) is 11.5 Å². The lowest BCUT2D eigenvalue weighted by Gasteiger charge is -2.05. The van der Waals surface area contributed by atoms with Gasteiger partial charge in [-0.3, -0.25) is 0 Å². The predicted molar refractivity (Wildman–Crippen MR) is 65.9 cm³/mol. The summed E-state index contributed by atoms with van der Waals surface area (Å²) in [6, 6.07) is 9.80. The van der Waals surface area contributed by atoms with Crippen LogP contribution < -0.4 is 5.32 Å². The maximum atomic E-state index is 13.3. The minimum absolute atomic E-state index is 0.308. The van der Waals surface area contributed by atoms with E-state index in [9.17, 15) is 9.18 Å². The zero-order chi connectivity index (χ0) is 13.0. The first-order valence-corrected chi connectivity index (χ1v) is 5.45. The van der Waals surface area contributed by atoms with Crippen molar-refractivity contribution in [3.63, 3.8) is 0 Å². The van der Waals surface area contributed by atoms with Crippen LogP contribution in [0.1, 0.15) is 16.2 Å². The lowest BCUT2D eigenvalue weighted by Crippen LogP contribution is -2.04. The van der Waals surface area contributed by atoms with Gasteiger partial charge in [-0.05, 0) is 24.3 Å². The van der Waals surface area contributed by atoms with Crippen molar-refractivity contribution in [2.45, 2.75) is 6.54 Å². The van der Waals surface area contributed by atoms with Gasteiger partial charge in [-0.1, -0.05) is 12.1 Å². The van der Waals surface area contributed by atoms with Crippen LogP contribution in [0, 0.1) is 5.82 Å². The number of nitrogens with one attached hydrogen (secondary N) is 2. The number of halogens is 1. The van der Waals surface area contributed by atoms with Crippen LogP contribution in [0.15, 0.2) is 36.4 Å². The van der Waals surface area contributed by atoms with Crippen molar-refractivity contribution in [1.29, 1.82) is 0 Å². The summed E-state index contributed by atoms with van der Waals surface area (Å²) in [5.74, 6) is -0.732. The first-order chi connectivity index (χ1) is 8.70. The molecule has 0 saturated carbocycles. The number of para-hydroxylation sites is 1. The van der Waals surface area contributed by atoms with Gasteiger partial charge in [0.15, 0.2) is 0 Å². The average molecular weight is 248 g/mol. The molecule has 0 aliphatic heterocycles. The number of aromatic nitrogens is 1. The van der Waals surface area contributed by atoms with Crippen molar-refractivity contribution in [1.82, 2.24) is 4.98 Å². The van der Waals surface area contributed by atoms with Gasteiger partial charge in [-0.15, -0.1) is 0 Å². The van der Waals surface area contributed by atoms with E-state index in [4.69, 9.17) is 0 Å². The SMILES string of the molecule is COC(=O)c1ccc(CNc2ccccc2F)[nH]1. The van der Waals surface area contributed by atoms with E-state index in [1.807, 2.05) is 0 Å². The molecule has 2 N–H and O–H groups in total. The van der Waals surface area contributed by atoms with Crippen molar-refractivity contribution in [2.75, 3.05) is 12.4 Å². The van der Waals surface area contributed by atoms with Gasteiger partial charge in [0.2, 0.25) is 0 Å². The zero-order valence-electron chi connectivity index (χ0n) is 9.87. The lowest BCUT2D eigenvalue weighted by molar-refractivity contribution is 0.0594. The van der Waals surface area contributed by atoms with Crippen molar-refractivity contribution >= 4 is 11.7 Å². The van der Waals surface area contributed by atoms with E-state index in [1.165, 1.54) is 13.2 Å². The summed E-state index contributed by atoms with van der Waals surface area (Å²) in [6.07, 6.45) is 0. The van der Waals surface area contributed by atoms with Gasteiger partial charge in [-0.25, -0.2) is 9.18 Å². The van der Waals surface area contributed by atoms with Crippen LogP contribution in [0.2, 0.25) is 0 Å². The summed E-state index contributed by atoms with van der Waals surface area (Å²) < 4.78 is 17.9. The molecule has 0 atom stereocenters. The second-order valence-corrected chi connectivity index (χ2v) is 3.72. The minimum atomic E-state index is -0.424. The maximum absolute atomic E-state index is 13.3. The number of ether oxygens (including phenoxy) is 1. The van der Waals surface area contributed by atoms with E-state index < -0.39 is 5.97 Å². The molecule has 0 radical (unpaired) electrons. The summed E-state index contributed by atoms with van der Waals surface area (Å²) in [6.45, 7) is 0.401. The summed E-state index contributed by atoms with van der Waals surface area (Å²) in [4.78, 5) is 14.1. The summed E-state index contributed by atoms with van der Waals surface area (Å²) in [5, 5.41) is 2.94. The van der Waals surface area contributed by atoms with Crippen LogP contribution >= 0.6 is 0 Å². The number of rotatable bonds is 4. The highest BCUT2D eigenvalue weighted by molar-refractivity contribution is 5.87. The number of anilines is 1. The Morgan fingerprint density at radius 1 is 1.33 bits per heavy atom. The Bertz CT molecular complexity index is 551. The van der Waals surface area contributed by atoms with Crippen LogP contribution in [-0.2, 0) is 11.3 Å². The van der Waals surface area contributed by atoms with Crippen molar-refractivity contribution in [2.24, 2.45) is 0 Å². The Balaban J connectivity index is 2.01. The average Bonchev–Trinajstić information content (AvgIpc) is 2.86. The quantitative estimate of drug-likeness (QED) is 0.817. The van der Waals surface area contributed by atoms with E-state index in [2.05, 4.69) is 15.0 Å². The molecule has 94 valence electrons. The molecular weight excluding hydrogens is 235 g/mol. The highest BCUT2D eigenvalue weighted by Crippen LogP contribution is 2.13. The summed E-state index contributed by atoms with van der Waals surface area (Å²) >= 11 is 0. The molecule has 1 aromatic heterocycles. The topological polar surface area (TPSA) is 54.1 Å². The molecule has 4 nitrogen and oxygen atoms in total. The molecule has 0 amide bonds. The van der Waals surface area contributed by atoms with E-state index >= 15 is 0 Å². The van der Waals surface area contributed by atoms with Crippen LogP contribution in [0.4, 0.5) is 10.1 Å². The zero-order valence-corrected chi connectivity index (χ0v) is 9.87. The smallest absolute Gasteiger partial charge is 0.354 e. The van der Waals surface area contributed by atoms with E-state index in [0.717, 1.165) is 5.69 Å². The van der Waals surface area contributed by atoms with Crippen molar-refractivity contribution in [3.05, 3.63) is 53.6 Å². The fraction of sp³-hybridized carbons (Fsp3) is 0.154. The van der Waals surface area contributed by atoms with Crippen LogP contribution in [-0.4, -0.2) is 18.1 Å². The van der Waals surface area contributed by atoms with Gasteiger partial charge in [-0.2, -0.15) is 0 Å². The summed E-state index contributed by atoms with van der Waals surface area (Å²) in [5.41, 5.74) is 1.58. The highest BCUT2D eigenvalue weighted by Gasteiger charge is 2.08. The normalized spacial score (nSPS) is 10.1. The molecule has 1 aromatic carbocycles. The second kappa shape index (κ2) is 5.35. The number of carbonyl (C=O) groups is 1. The molecule has 0 spiro atoms. The molecule has 0 aliphatic carbocycles. The number of carbonyl (C=O) groups excluding carboxylic acids is 1. The largest absolute Gasteiger partial charge is 0.464 e. The molecule has 0 unspecified atom stereocenters. The molecule has 0 fully saturated rings. The third kappa shape index (κ3) is 2.68. The summed E-state index contributed by atoms with van der Waals surface area (Å²) in [7, 11) is 1.32. The van der Waals surface area contributed by atoms with Crippen molar-refractivity contribution in [3.8, 4) is 0 Å². The fourth-order valence-electron chi connectivity index (χ4n) is 1.57. The molecule has 0 aliphatic rings. The Hall–Kier alpha value is -2.30. The Morgan fingerprint density at radius 3 is 2.83 bits per heavy atom.